The average molecular weight is 307 g/mol. The zero-order valence-electron chi connectivity index (χ0n) is 10.9. The molecule has 104 valence electrons. The number of urea groups is 1. The molecule has 0 unspecified atom stereocenters. The fourth-order valence-electron chi connectivity index (χ4n) is 2.55. The van der Waals surface area contributed by atoms with E-state index >= 15 is 0 Å². The largest absolute Gasteiger partial charge is 0.322 e. The van der Waals surface area contributed by atoms with Crippen LogP contribution in [0, 0.1) is 0 Å². The average Bonchev–Trinajstić information content (AvgIpc) is 3.09. The Morgan fingerprint density at radius 2 is 2.25 bits per heavy atom. The first-order chi connectivity index (χ1) is 9.74. The maximum absolute atomic E-state index is 12.4. The molecule has 3 nitrogen and oxygen atoms in total. The lowest BCUT2D eigenvalue weighted by atomic mass is 10.2. The smallest absolute Gasteiger partial charge is 0.317 e. The minimum Gasteiger partial charge on any atom is -0.317 e. The first-order valence-corrected chi connectivity index (χ1v) is 7.86. The number of halogens is 1. The molecule has 20 heavy (non-hydrogen) atoms. The highest BCUT2D eigenvalue weighted by molar-refractivity contribution is 7.10. The predicted molar refractivity (Wildman–Crippen MR) is 83.5 cm³/mol. The molecule has 1 N–H and O–H groups in total. The number of hydrogen-bond acceptors (Lipinski definition) is 2. The van der Waals surface area contributed by atoms with Gasteiger partial charge in [-0.25, -0.2) is 4.79 Å². The molecule has 1 aromatic carbocycles. The summed E-state index contributed by atoms with van der Waals surface area (Å²) in [6.45, 7) is 0.801. The van der Waals surface area contributed by atoms with E-state index in [2.05, 4.69) is 16.8 Å². The summed E-state index contributed by atoms with van der Waals surface area (Å²) < 4.78 is 0. The number of carbonyl (C=O) groups is 1. The number of carbonyl (C=O) groups excluding carboxylic acids is 1. The summed E-state index contributed by atoms with van der Waals surface area (Å²) in [4.78, 5) is 15.6. The van der Waals surface area contributed by atoms with Gasteiger partial charge in [0, 0.05) is 22.1 Å². The van der Waals surface area contributed by atoms with Gasteiger partial charge in [0.2, 0.25) is 0 Å². The van der Waals surface area contributed by atoms with E-state index in [4.69, 9.17) is 11.6 Å². The van der Waals surface area contributed by atoms with Crippen molar-refractivity contribution in [1.82, 2.24) is 4.90 Å². The van der Waals surface area contributed by atoms with Gasteiger partial charge in [0.1, 0.15) is 0 Å². The van der Waals surface area contributed by atoms with Gasteiger partial charge >= 0.3 is 6.03 Å². The summed E-state index contributed by atoms with van der Waals surface area (Å²) in [7, 11) is 0. The highest BCUT2D eigenvalue weighted by Gasteiger charge is 2.30. The first kappa shape index (κ1) is 13.5. The normalized spacial score (nSPS) is 18.2. The number of nitrogens with one attached hydrogen (secondary N) is 1. The summed E-state index contributed by atoms with van der Waals surface area (Å²) in [6, 6.07) is 11.5. The molecule has 0 saturated carbocycles. The molecule has 2 aromatic rings. The summed E-state index contributed by atoms with van der Waals surface area (Å²) in [5.41, 5.74) is 0.735. The number of benzene rings is 1. The van der Waals surface area contributed by atoms with Gasteiger partial charge in [0.05, 0.1) is 6.04 Å². The lowest BCUT2D eigenvalue weighted by molar-refractivity contribution is 0.208. The summed E-state index contributed by atoms with van der Waals surface area (Å²) >= 11 is 7.64. The fraction of sp³-hybridized carbons (Fsp3) is 0.267. The van der Waals surface area contributed by atoms with Crippen molar-refractivity contribution in [3.8, 4) is 0 Å². The van der Waals surface area contributed by atoms with Crippen molar-refractivity contribution in [2.45, 2.75) is 18.9 Å². The summed E-state index contributed by atoms with van der Waals surface area (Å²) in [5, 5.41) is 5.60. The van der Waals surface area contributed by atoms with Crippen LogP contribution in [0.5, 0.6) is 0 Å². The van der Waals surface area contributed by atoms with Gasteiger partial charge in [-0.15, -0.1) is 11.3 Å². The standard InChI is InChI=1S/C15H15ClN2OS/c16-11-4-1-5-12(10-11)17-15(19)18-8-2-6-13(18)14-7-3-9-20-14/h1,3-5,7,9-10,13H,2,6,8H2,(H,17,19)/t13-/m1/s1. The van der Waals surface area contributed by atoms with Crippen LogP contribution in [0.15, 0.2) is 41.8 Å². The minimum absolute atomic E-state index is 0.0526. The third-order valence-electron chi connectivity index (χ3n) is 3.46. The van der Waals surface area contributed by atoms with Crippen molar-refractivity contribution in [3.05, 3.63) is 51.7 Å². The Hall–Kier alpha value is -1.52. The van der Waals surface area contributed by atoms with Crippen LogP contribution in [0.4, 0.5) is 10.5 Å². The van der Waals surface area contributed by atoms with Crippen LogP contribution in [0.25, 0.3) is 0 Å². The van der Waals surface area contributed by atoms with Gasteiger partial charge in [-0.2, -0.15) is 0 Å². The van der Waals surface area contributed by atoms with Crippen molar-refractivity contribution < 1.29 is 4.79 Å². The van der Waals surface area contributed by atoms with Crippen LogP contribution in [0.2, 0.25) is 5.02 Å². The van der Waals surface area contributed by atoms with Crippen LogP contribution in [-0.4, -0.2) is 17.5 Å². The molecular weight excluding hydrogens is 292 g/mol. The van der Waals surface area contributed by atoms with Crippen molar-refractivity contribution in [2.75, 3.05) is 11.9 Å². The number of nitrogens with zero attached hydrogens (tertiary/aromatic N) is 1. The molecule has 0 spiro atoms. The highest BCUT2D eigenvalue weighted by Crippen LogP contribution is 2.34. The molecule has 5 heteroatoms. The number of amides is 2. The number of rotatable bonds is 2. The lowest BCUT2D eigenvalue weighted by Crippen LogP contribution is -2.34. The maximum atomic E-state index is 12.4. The van der Waals surface area contributed by atoms with Crippen LogP contribution in [0.3, 0.4) is 0 Å². The van der Waals surface area contributed by atoms with Crippen LogP contribution in [-0.2, 0) is 0 Å². The zero-order chi connectivity index (χ0) is 13.9. The quantitative estimate of drug-likeness (QED) is 0.851. The van der Waals surface area contributed by atoms with Crippen LogP contribution in [0.1, 0.15) is 23.8 Å². The molecular formula is C15H15ClN2OS. The Bertz CT molecular complexity index is 600. The minimum atomic E-state index is -0.0526. The van der Waals surface area contributed by atoms with Gasteiger partial charge < -0.3 is 10.2 Å². The number of anilines is 1. The molecule has 0 radical (unpaired) electrons. The molecule has 1 aliphatic heterocycles. The molecule has 1 aliphatic rings. The van der Waals surface area contributed by atoms with E-state index in [0.29, 0.717) is 5.02 Å². The first-order valence-electron chi connectivity index (χ1n) is 6.60. The Kier molecular flexibility index (Phi) is 3.94. The number of thiophene rings is 1. The third kappa shape index (κ3) is 2.81. The van der Waals surface area contributed by atoms with E-state index in [0.717, 1.165) is 25.1 Å². The highest BCUT2D eigenvalue weighted by atomic mass is 35.5. The second-order valence-electron chi connectivity index (χ2n) is 4.81. The van der Waals surface area contributed by atoms with Crippen molar-refractivity contribution >= 4 is 34.7 Å². The molecule has 1 fully saturated rings. The zero-order valence-corrected chi connectivity index (χ0v) is 12.5. The van der Waals surface area contributed by atoms with E-state index in [9.17, 15) is 4.79 Å². The molecule has 1 aromatic heterocycles. The molecule has 1 atom stereocenters. The maximum Gasteiger partial charge on any atom is 0.322 e. The molecule has 2 amide bonds. The van der Waals surface area contributed by atoms with E-state index in [1.807, 2.05) is 23.1 Å². The summed E-state index contributed by atoms with van der Waals surface area (Å²) in [5.74, 6) is 0. The Morgan fingerprint density at radius 1 is 1.35 bits per heavy atom. The monoisotopic (exact) mass is 306 g/mol. The van der Waals surface area contributed by atoms with E-state index in [1.54, 1.807) is 23.5 Å². The second-order valence-corrected chi connectivity index (χ2v) is 6.22. The predicted octanol–water partition coefficient (Wildman–Crippen LogP) is 4.77. The topological polar surface area (TPSA) is 32.3 Å². The van der Waals surface area contributed by atoms with E-state index in [1.165, 1.54) is 4.88 Å². The molecule has 1 saturated heterocycles. The fourth-order valence-corrected chi connectivity index (χ4v) is 3.61. The van der Waals surface area contributed by atoms with Gasteiger partial charge in [0.25, 0.3) is 0 Å². The molecule has 2 heterocycles. The van der Waals surface area contributed by atoms with Crippen molar-refractivity contribution in [1.29, 1.82) is 0 Å². The van der Waals surface area contributed by atoms with Crippen molar-refractivity contribution in [2.24, 2.45) is 0 Å². The van der Waals surface area contributed by atoms with Gasteiger partial charge in [0.15, 0.2) is 0 Å². The number of likely N-dealkylation sites (tertiary alicyclic amines) is 1. The molecule has 0 bridgehead atoms. The second kappa shape index (κ2) is 5.85. The lowest BCUT2D eigenvalue weighted by Gasteiger charge is -2.24. The Balaban J connectivity index is 1.73. The van der Waals surface area contributed by atoms with Gasteiger partial charge in [-0.1, -0.05) is 23.7 Å². The SMILES string of the molecule is O=C(Nc1cccc(Cl)c1)N1CCC[C@@H]1c1cccs1. The van der Waals surface area contributed by atoms with Crippen LogP contribution >= 0.6 is 22.9 Å². The summed E-state index contributed by atoms with van der Waals surface area (Å²) in [6.07, 6.45) is 2.08. The Labute approximate surface area is 127 Å². The van der Waals surface area contributed by atoms with E-state index < -0.39 is 0 Å². The Morgan fingerprint density at radius 3 is 3.00 bits per heavy atom. The molecule has 0 aliphatic carbocycles. The number of hydrogen-bond donors (Lipinski definition) is 1. The van der Waals surface area contributed by atoms with Crippen LogP contribution < -0.4 is 5.32 Å². The van der Waals surface area contributed by atoms with Gasteiger partial charge in [-0.3, -0.25) is 0 Å². The third-order valence-corrected chi connectivity index (χ3v) is 4.67. The van der Waals surface area contributed by atoms with E-state index in [-0.39, 0.29) is 12.1 Å². The van der Waals surface area contributed by atoms with Gasteiger partial charge in [-0.05, 0) is 42.5 Å². The molecule has 3 rings (SSSR count). The van der Waals surface area contributed by atoms with Crippen molar-refractivity contribution in [3.63, 3.8) is 0 Å².